The third kappa shape index (κ3) is 3.19. The predicted octanol–water partition coefficient (Wildman–Crippen LogP) is 7.24. The average Bonchev–Trinajstić information content (AvgIpc) is 2.79. The van der Waals surface area contributed by atoms with Crippen LogP contribution in [-0.2, 0) is 0 Å². The Labute approximate surface area is 165 Å². The lowest BCUT2D eigenvalue weighted by Gasteiger charge is -2.11. The highest BCUT2D eigenvalue weighted by molar-refractivity contribution is 5.86. The molecule has 0 aliphatic carbocycles. The van der Waals surface area contributed by atoms with Crippen LogP contribution >= 0.6 is 0 Å². The topological polar surface area (TPSA) is 12.9 Å². The maximum absolute atomic E-state index is 4.66. The molecule has 132 valence electrons. The summed E-state index contributed by atoms with van der Waals surface area (Å²) >= 11 is 0. The normalized spacial score (nSPS) is 10.9. The smallest absolute Gasteiger partial charge is 0.0702 e. The van der Waals surface area contributed by atoms with Gasteiger partial charge in [0.2, 0.25) is 0 Å². The molecule has 5 aromatic rings. The lowest BCUT2D eigenvalue weighted by atomic mass is 9.93. The average molecular weight is 357 g/mol. The Hall–Kier alpha value is -3.71. The Morgan fingerprint density at radius 2 is 0.893 bits per heavy atom. The molecule has 0 spiro atoms. The lowest BCUT2D eigenvalue weighted by Crippen LogP contribution is -1.87. The SMILES string of the molecule is c1ccc(-c2cc(-c3ccccc3)cc(-c3cnc4ccccc4c3)c2)cc1. The quantitative estimate of drug-likeness (QED) is 0.332. The first-order valence-electron chi connectivity index (χ1n) is 9.48. The van der Waals surface area contributed by atoms with Crippen molar-refractivity contribution >= 4 is 10.9 Å². The minimum atomic E-state index is 1.02. The van der Waals surface area contributed by atoms with Crippen molar-refractivity contribution in [3.05, 3.63) is 115 Å². The van der Waals surface area contributed by atoms with Crippen LogP contribution in [0, 0.1) is 0 Å². The standard InChI is InChI=1S/C27H19N/c1-3-9-20(10-4-1)23-16-24(21-11-5-2-6-12-21)18-25(17-23)26-15-22-13-7-8-14-27(22)28-19-26/h1-19H. The van der Waals surface area contributed by atoms with Crippen LogP contribution in [0.15, 0.2) is 115 Å². The van der Waals surface area contributed by atoms with E-state index in [4.69, 9.17) is 0 Å². The van der Waals surface area contributed by atoms with Gasteiger partial charge < -0.3 is 0 Å². The number of fused-ring (bicyclic) bond motifs is 1. The van der Waals surface area contributed by atoms with E-state index in [2.05, 4.69) is 108 Å². The number of aromatic nitrogens is 1. The van der Waals surface area contributed by atoms with Crippen molar-refractivity contribution in [2.45, 2.75) is 0 Å². The highest BCUT2D eigenvalue weighted by Crippen LogP contribution is 2.33. The highest BCUT2D eigenvalue weighted by atomic mass is 14.6. The van der Waals surface area contributed by atoms with Crippen LogP contribution in [0.2, 0.25) is 0 Å². The van der Waals surface area contributed by atoms with Crippen molar-refractivity contribution < 1.29 is 0 Å². The first kappa shape index (κ1) is 16.5. The summed E-state index contributed by atoms with van der Waals surface area (Å²) in [5, 5.41) is 1.16. The molecule has 1 heterocycles. The van der Waals surface area contributed by atoms with Gasteiger partial charge >= 0.3 is 0 Å². The molecule has 0 radical (unpaired) electrons. The van der Waals surface area contributed by atoms with E-state index in [0.717, 1.165) is 16.5 Å². The molecule has 0 bridgehead atoms. The third-order valence-corrected chi connectivity index (χ3v) is 5.07. The molecule has 1 aromatic heterocycles. The van der Waals surface area contributed by atoms with E-state index in [9.17, 15) is 0 Å². The van der Waals surface area contributed by atoms with E-state index in [1.807, 2.05) is 12.3 Å². The molecule has 0 saturated carbocycles. The molecular weight excluding hydrogens is 338 g/mol. The second kappa shape index (κ2) is 7.13. The van der Waals surface area contributed by atoms with Crippen LogP contribution in [-0.4, -0.2) is 4.98 Å². The summed E-state index contributed by atoms with van der Waals surface area (Å²) in [6, 6.07) is 38.3. The number of rotatable bonds is 3. The van der Waals surface area contributed by atoms with E-state index in [1.54, 1.807) is 0 Å². The molecule has 0 unspecified atom stereocenters. The zero-order valence-corrected chi connectivity index (χ0v) is 15.4. The Balaban J connectivity index is 1.72. The summed E-state index contributed by atoms with van der Waals surface area (Å²) in [7, 11) is 0. The first-order chi connectivity index (χ1) is 13.9. The molecule has 0 fully saturated rings. The number of hydrogen-bond acceptors (Lipinski definition) is 1. The van der Waals surface area contributed by atoms with Gasteiger partial charge in [-0.1, -0.05) is 78.9 Å². The fourth-order valence-electron chi connectivity index (χ4n) is 3.62. The predicted molar refractivity (Wildman–Crippen MR) is 118 cm³/mol. The van der Waals surface area contributed by atoms with Gasteiger partial charge in [0.05, 0.1) is 5.52 Å². The molecule has 0 aliphatic rings. The van der Waals surface area contributed by atoms with E-state index < -0.39 is 0 Å². The van der Waals surface area contributed by atoms with Gasteiger partial charge in [-0.05, 0) is 58.1 Å². The fraction of sp³-hybridized carbons (Fsp3) is 0. The van der Waals surface area contributed by atoms with Crippen molar-refractivity contribution in [3.63, 3.8) is 0 Å². The van der Waals surface area contributed by atoms with Crippen LogP contribution in [0.3, 0.4) is 0 Å². The monoisotopic (exact) mass is 357 g/mol. The minimum Gasteiger partial charge on any atom is -0.256 e. The number of nitrogens with zero attached hydrogens (tertiary/aromatic N) is 1. The van der Waals surface area contributed by atoms with Gasteiger partial charge in [-0.3, -0.25) is 4.98 Å². The Morgan fingerprint density at radius 3 is 1.50 bits per heavy atom. The molecule has 5 rings (SSSR count). The van der Waals surface area contributed by atoms with Crippen molar-refractivity contribution in [2.75, 3.05) is 0 Å². The van der Waals surface area contributed by atoms with Crippen LogP contribution in [0.1, 0.15) is 0 Å². The van der Waals surface area contributed by atoms with Crippen molar-refractivity contribution in [1.82, 2.24) is 4.98 Å². The van der Waals surface area contributed by atoms with E-state index in [1.165, 1.54) is 27.8 Å². The first-order valence-corrected chi connectivity index (χ1v) is 9.48. The van der Waals surface area contributed by atoms with Gasteiger partial charge in [0, 0.05) is 17.1 Å². The molecule has 1 nitrogen and oxygen atoms in total. The van der Waals surface area contributed by atoms with Crippen LogP contribution in [0.5, 0.6) is 0 Å². The zero-order valence-electron chi connectivity index (χ0n) is 15.4. The maximum Gasteiger partial charge on any atom is 0.0702 e. The molecule has 0 saturated heterocycles. The van der Waals surface area contributed by atoms with E-state index >= 15 is 0 Å². The Bertz CT molecular complexity index is 1180. The minimum absolute atomic E-state index is 1.02. The molecule has 0 N–H and O–H groups in total. The number of pyridine rings is 1. The lowest BCUT2D eigenvalue weighted by molar-refractivity contribution is 1.41. The summed E-state index contributed by atoms with van der Waals surface area (Å²) in [5.74, 6) is 0. The molecule has 0 amide bonds. The van der Waals surface area contributed by atoms with Crippen LogP contribution < -0.4 is 0 Å². The van der Waals surface area contributed by atoms with Crippen LogP contribution in [0.25, 0.3) is 44.3 Å². The van der Waals surface area contributed by atoms with Gasteiger partial charge in [0.25, 0.3) is 0 Å². The summed E-state index contributed by atoms with van der Waals surface area (Å²) in [5.41, 5.74) is 8.20. The van der Waals surface area contributed by atoms with Gasteiger partial charge in [-0.15, -0.1) is 0 Å². The Kier molecular flexibility index (Phi) is 4.19. The summed E-state index contributed by atoms with van der Waals surface area (Å²) < 4.78 is 0. The molecule has 0 aliphatic heterocycles. The maximum atomic E-state index is 4.66. The highest BCUT2D eigenvalue weighted by Gasteiger charge is 2.08. The molecule has 28 heavy (non-hydrogen) atoms. The second-order valence-corrected chi connectivity index (χ2v) is 6.95. The van der Waals surface area contributed by atoms with E-state index in [-0.39, 0.29) is 0 Å². The third-order valence-electron chi connectivity index (χ3n) is 5.07. The van der Waals surface area contributed by atoms with Crippen LogP contribution in [0.4, 0.5) is 0 Å². The summed E-state index contributed by atoms with van der Waals surface area (Å²) in [6.07, 6.45) is 1.97. The molecule has 1 heteroatoms. The largest absolute Gasteiger partial charge is 0.256 e. The van der Waals surface area contributed by atoms with Crippen molar-refractivity contribution in [1.29, 1.82) is 0 Å². The van der Waals surface area contributed by atoms with Gasteiger partial charge in [-0.25, -0.2) is 0 Å². The molecular formula is C27H19N. The van der Waals surface area contributed by atoms with Crippen molar-refractivity contribution in [2.24, 2.45) is 0 Å². The molecule has 0 atom stereocenters. The van der Waals surface area contributed by atoms with Gasteiger partial charge in [0.1, 0.15) is 0 Å². The number of para-hydroxylation sites is 1. The Morgan fingerprint density at radius 1 is 0.393 bits per heavy atom. The summed E-state index contributed by atoms with van der Waals surface area (Å²) in [6.45, 7) is 0. The van der Waals surface area contributed by atoms with Gasteiger partial charge in [0.15, 0.2) is 0 Å². The second-order valence-electron chi connectivity index (χ2n) is 6.95. The van der Waals surface area contributed by atoms with Crippen molar-refractivity contribution in [3.8, 4) is 33.4 Å². The van der Waals surface area contributed by atoms with Gasteiger partial charge in [-0.2, -0.15) is 0 Å². The zero-order chi connectivity index (χ0) is 18.8. The molecule has 4 aromatic carbocycles. The number of hydrogen-bond donors (Lipinski definition) is 0. The fourth-order valence-corrected chi connectivity index (χ4v) is 3.62. The number of benzene rings is 4. The van der Waals surface area contributed by atoms with E-state index in [0.29, 0.717) is 0 Å². The summed E-state index contributed by atoms with van der Waals surface area (Å²) in [4.78, 5) is 4.66.